The molecule has 2 aromatic heterocycles. The normalized spacial score (nSPS) is 20.5. The highest BCUT2D eigenvalue weighted by Gasteiger charge is 2.32. The number of carbonyl (C=O) groups is 1. The molecule has 2 aromatic rings. The van der Waals surface area contributed by atoms with E-state index in [0.29, 0.717) is 18.2 Å². The Kier molecular flexibility index (Phi) is 6.55. The summed E-state index contributed by atoms with van der Waals surface area (Å²) in [7, 11) is 0. The molecule has 0 aromatic carbocycles. The molecule has 1 atom stereocenters. The molecule has 2 aliphatic heterocycles. The maximum Gasteiger partial charge on any atom is 0.224 e. The summed E-state index contributed by atoms with van der Waals surface area (Å²) in [6.45, 7) is 4.15. The number of nitrogens with zero attached hydrogens (tertiary/aromatic N) is 5. The highest BCUT2D eigenvalue weighted by atomic mass is 16.1. The first-order valence-electron chi connectivity index (χ1n) is 10.8. The number of rotatable bonds is 5. The van der Waals surface area contributed by atoms with Gasteiger partial charge < -0.3 is 10.2 Å². The number of hydrogen-bond acceptors (Lipinski definition) is 6. The molecule has 2 aliphatic rings. The number of piperidine rings is 2. The van der Waals surface area contributed by atoms with Gasteiger partial charge in [0, 0.05) is 38.1 Å². The second-order valence-electron chi connectivity index (χ2n) is 8.08. The molecule has 0 aliphatic carbocycles. The zero-order chi connectivity index (χ0) is 20.8. The van der Waals surface area contributed by atoms with Crippen LogP contribution in [0.15, 0.2) is 42.7 Å². The molecule has 4 heterocycles. The van der Waals surface area contributed by atoms with Crippen molar-refractivity contribution < 1.29 is 4.79 Å². The second kappa shape index (κ2) is 9.68. The lowest BCUT2D eigenvalue weighted by Gasteiger charge is -2.42. The Balaban J connectivity index is 1.29. The second-order valence-corrected chi connectivity index (χ2v) is 8.08. The van der Waals surface area contributed by atoms with Crippen LogP contribution in [0.3, 0.4) is 0 Å². The summed E-state index contributed by atoms with van der Waals surface area (Å²) in [5.41, 5.74) is 1.52. The number of carbonyl (C=O) groups excluding carboxylic acids is 1. The maximum absolute atomic E-state index is 12.7. The van der Waals surface area contributed by atoms with Gasteiger partial charge in [-0.3, -0.25) is 14.7 Å². The summed E-state index contributed by atoms with van der Waals surface area (Å²) in [5.74, 6) is 0.972. The van der Waals surface area contributed by atoms with Gasteiger partial charge in [0.25, 0.3) is 0 Å². The van der Waals surface area contributed by atoms with Gasteiger partial charge >= 0.3 is 0 Å². The Labute approximate surface area is 177 Å². The van der Waals surface area contributed by atoms with Gasteiger partial charge in [-0.25, -0.2) is 4.98 Å². The molecule has 30 heavy (non-hydrogen) atoms. The maximum atomic E-state index is 12.7. The molecule has 1 amide bonds. The molecule has 7 heteroatoms. The first kappa shape index (κ1) is 20.3. The highest BCUT2D eigenvalue weighted by molar-refractivity contribution is 5.78. The van der Waals surface area contributed by atoms with Crippen molar-refractivity contribution in [2.24, 2.45) is 5.92 Å². The van der Waals surface area contributed by atoms with E-state index in [0.717, 1.165) is 63.4 Å². The third-order valence-electron chi connectivity index (χ3n) is 6.18. The number of nitriles is 1. The van der Waals surface area contributed by atoms with Crippen molar-refractivity contribution in [1.82, 2.24) is 20.2 Å². The minimum absolute atomic E-state index is 0.0430. The van der Waals surface area contributed by atoms with Crippen molar-refractivity contribution in [2.45, 2.75) is 38.3 Å². The van der Waals surface area contributed by atoms with E-state index in [1.54, 1.807) is 12.4 Å². The molecule has 0 radical (unpaired) electrons. The van der Waals surface area contributed by atoms with Crippen molar-refractivity contribution in [3.8, 4) is 6.07 Å². The quantitative estimate of drug-likeness (QED) is 0.823. The third kappa shape index (κ3) is 4.77. The van der Waals surface area contributed by atoms with Gasteiger partial charge in [-0.2, -0.15) is 5.26 Å². The Bertz CT molecular complexity index is 888. The van der Waals surface area contributed by atoms with Crippen molar-refractivity contribution >= 4 is 11.7 Å². The van der Waals surface area contributed by atoms with Gasteiger partial charge in [0.1, 0.15) is 11.9 Å². The summed E-state index contributed by atoms with van der Waals surface area (Å²) in [5, 5.41) is 12.4. The molecule has 0 unspecified atom stereocenters. The van der Waals surface area contributed by atoms with Crippen LogP contribution in [0.2, 0.25) is 0 Å². The van der Waals surface area contributed by atoms with E-state index in [9.17, 15) is 10.1 Å². The minimum Gasteiger partial charge on any atom is -0.355 e. The molecule has 2 saturated heterocycles. The zero-order valence-electron chi connectivity index (χ0n) is 17.2. The minimum atomic E-state index is 0.0430. The van der Waals surface area contributed by atoms with Crippen molar-refractivity contribution in [3.05, 3.63) is 54.0 Å². The summed E-state index contributed by atoms with van der Waals surface area (Å²) >= 11 is 0. The SMILES string of the molecule is N#Cc1cccnc1N1CCC(N2CCC[C@H](C(=O)NCc3ccccn3)C2)CC1. The summed E-state index contributed by atoms with van der Waals surface area (Å²) in [6, 6.07) is 12.1. The van der Waals surface area contributed by atoms with Crippen molar-refractivity contribution in [3.63, 3.8) is 0 Å². The number of aromatic nitrogens is 2. The van der Waals surface area contributed by atoms with Crippen LogP contribution in [-0.4, -0.2) is 53.0 Å². The molecule has 4 rings (SSSR count). The first-order chi connectivity index (χ1) is 14.7. The van der Waals surface area contributed by atoms with Crippen LogP contribution in [0, 0.1) is 17.2 Å². The van der Waals surface area contributed by atoms with Crippen LogP contribution in [-0.2, 0) is 11.3 Å². The van der Waals surface area contributed by atoms with E-state index in [2.05, 4.69) is 31.2 Å². The van der Waals surface area contributed by atoms with Gasteiger partial charge in [-0.15, -0.1) is 0 Å². The molecular weight excluding hydrogens is 376 g/mol. The average molecular weight is 405 g/mol. The van der Waals surface area contributed by atoms with E-state index >= 15 is 0 Å². The Morgan fingerprint density at radius 2 is 1.93 bits per heavy atom. The fourth-order valence-electron chi connectivity index (χ4n) is 4.56. The third-order valence-corrected chi connectivity index (χ3v) is 6.18. The summed E-state index contributed by atoms with van der Waals surface area (Å²) in [4.78, 5) is 26.1. The van der Waals surface area contributed by atoms with Crippen LogP contribution >= 0.6 is 0 Å². The van der Waals surface area contributed by atoms with Crippen LogP contribution in [0.5, 0.6) is 0 Å². The predicted molar refractivity (Wildman–Crippen MR) is 115 cm³/mol. The van der Waals surface area contributed by atoms with Crippen LogP contribution < -0.4 is 10.2 Å². The van der Waals surface area contributed by atoms with Crippen molar-refractivity contribution in [1.29, 1.82) is 5.26 Å². The molecule has 0 spiro atoms. The standard InChI is InChI=1S/C23H28N6O/c24-15-18-5-3-11-26-22(18)28-13-8-21(9-14-28)29-12-4-6-19(17-29)23(30)27-16-20-7-1-2-10-25-20/h1-3,5,7,10-11,19,21H,4,6,8-9,12-14,16-17H2,(H,27,30)/t19-/m0/s1. The molecule has 7 nitrogen and oxygen atoms in total. The Morgan fingerprint density at radius 3 is 2.70 bits per heavy atom. The predicted octanol–water partition coefficient (Wildman–Crippen LogP) is 2.35. The molecule has 0 bridgehead atoms. The average Bonchev–Trinajstić information content (AvgIpc) is 2.83. The first-order valence-corrected chi connectivity index (χ1v) is 10.8. The van der Waals surface area contributed by atoms with Crippen LogP contribution in [0.1, 0.15) is 36.9 Å². The topological polar surface area (TPSA) is 85.2 Å². The zero-order valence-corrected chi connectivity index (χ0v) is 17.2. The molecular formula is C23H28N6O. The highest BCUT2D eigenvalue weighted by Crippen LogP contribution is 2.27. The van der Waals surface area contributed by atoms with E-state index < -0.39 is 0 Å². The molecule has 0 saturated carbocycles. The van der Waals surface area contributed by atoms with E-state index in [-0.39, 0.29) is 11.8 Å². The summed E-state index contributed by atoms with van der Waals surface area (Å²) in [6.07, 6.45) is 7.57. The molecule has 2 fully saturated rings. The van der Waals surface area contributed by atoms with Gasteiger partial charge in [0.15, 0.2) is 0 Å². The fraction of sp³-hybridized carbons (Fsp3) is 0.478. The van der Waals surface area contributed by atoms with Gasteiger partial charge in [0.2, 0.25) is 5.91 Å². The van der Waals surface area contributed by atoms with Gasteiger partial charge in [-0.1, -0.05) is 6.07 Å². The Morgan fingerprint density at radius 1 is 1.10 bits per heavy atom. The smallest absolute Gasteiger partial charge is 0.224 e. The summed E-state index contributed by atoms with van der Waals surface area (Å²) < 4.78 is 0. The van der Waals surface area contributed by atoms with E-state index in [4.69, 9.17) is 0 Å². The van der Waals surface area contributed by atoms with Gasteiger partial charge in [0.05, 0.1) is 23.7 Å². The number of hydrogen-bond donors (Lipinski definition) is 1. The lowest BCUT2D eigenvalue weighted by atomic mass is 9.93. The van der Waals surface area contributed by atoms with E-state index in [1.165, 1.54) is 0 Å². The number of pyridine rings is 2. The molecule has 1 N–H and O–H groups in total. The van der Waals surface area contributed by atoms with Crippen molar-refractivity contribution in [2.75, 3.05) is 31.1 Å². The number of amides is 1. The lowest BCUT2D eigenvalue weighted by molar-refractivity contribution is -0.127. The largest absolute Gasteiger partial charge is 0.355 e. The number of anilines is 1. The van der Waals surface area contributed by atoms with Gasteiger partial charge in [-0.05, 0) is 56.5 Å². The van der Waals surface area contributed by atoms with Crippen LogP contribution in [0.4, 0.5) is 5.82 Å². The molecule has 156 valence electrons. The number of likely N-dealkylation sites (tertiary alicyclic amines) is 1. The van der Waals surface area contributed by atoms with E-state index in [1.807, 2.05) is 30.3 Å². The lowest BCUT2D eigenvalue weighted by Crippen LogP contribution is -2.51. The Hall–Kier alpha value is -2.98. The van der Waals surface area contributed by atoms with Crippen LogP contribution in [0.25, 0.3) is 0 Å². The monoisotopic (exact) mass is 404 g/mol. The number of nitrogens with one attached hydrogen (secondary N) is 1. The fourth-order valence-corrected chi connectivity index (χ4v) is 4.56.